The van der Waals surface area contributed by atoms with E-state index < -0.39 is 5.60 Å². The zero-order chi connectivity index (χ0) is 23.8. The Hall–Kier alpha value is -3.87. The van der Waals surface area contributed by atoms with Crippen molar-refractivity contribution in [1.82, 2.24) is 9.88 Å². The maximum Gasteiger partial charge on any atom is 0.410 e. The van der Waals surface area contributed by atoms with E-state index >= 15 is 0 Å². The fraction of sp³-hybridized carbons (Fsp3) is 0.269. The maximum absolute atomic E-state index is 12.3. The molecule has 0 spiro atoms. The number of phenols is 1. The molecule has 33 heavy (non-hydrogen) atoms. The molecule has 7 nitrogen and oxygen atoms in total. The zero-order valence-electron chi connectivity index (χ0n) is 19.2. The number of nitrogens with two attached hydrogens (primary N) is 2. The number of aromatic nitrogens is 1. The number of aromatic amines is 1. The molecule has 0 aliphatic carbocycles. The summed E-state index contributed by atoms with van der Waals surface area (Å²) in [6, 6.07) is 13.1. The lowest BCUT2D eigenvalue weighted by Crippen LogP contribution is -2.39. The van der Waals surface area contributed by atoms with E-state index in [1.165, 1.54) is 5.57 Å². The topological polar surface area (TPSA) is 118 Å². The fourth-order valence-electron chi connectivity index (χ4n) is 3.96. The minimum atomic E-state index is -0.511. The van der Waals surface area contributed by atoms with Gasteiger partial charge in [0.25, 0.3) is 0 Å². The van der Waals surface area contributed by atoms with Crippen molar-refractivity contribution in [3.63, 3.8) is 0 Å². The molecule has 0 fully saturated rings. The van der Waals surface area contributed by atoms with Crippen molar-refractivity contribution in [2.24, 2.45) is 5.73 Å². The Labute approximate surface area is 193 Å². The monoisotopic (exact) mass is 446 g/mol. The smallest absolute Gasteiger partial charge is 0.410 e. The zero-order valence-corrected chi connectivity index (χ0v) is 19.2. The van der Waals surface area contributed by atoms with E-state index in [2.05, 4.69) is 17.1 Å². The first kappa shape index (κ1) is 22.3. The number of hydrogen-bond donors (Lipinski definition) is 4. The number of aromatic hydroxyl groups is 1. The van der Waals surface area contributed by atoms with Crippen LogP contribution in [0.5, 0.6) is 5.75 Å². The van der Waals surface area contributed by atoms with Gasteiger partial charge in [0, 0.05) is 40.8 Å². The molecule has 0 unspecified atom stereocenters. The van der Waals surface area contributed by atoms with E-state index in [1.807, 2.05) is 39.0 Å². The lowest BCUT2D eigenvalue weighted by molar-refractivity contribution is 0.0270. The number of para-hydroxylation sites is 1. The molecule has 2 aromatic carbocycles. The molecule has 0 atom stereocenters. The van der Waals surface area contributed by atoms with Crippen LogP contribution in [0.4, 0.5) is 10.6 Å². The number of hydrogen-bond acceptors (Lipinski definition) is 5. The van der Waals surface area contributed by atoms with Crippen molar-refractivity contribution >= 4 is 40.2 Å². The van der Waals surface area contributed by atoms with Crippen molar-refractivity contribution in [2.75, 3.05) is 18.8 Å². The number of benzene rings is 2. The molecular formula is C26H30N4O3. The Morgan fingerprint density at radius 3 is 2.64 bits per heavy atom. The maximum atomic E-state index is 12.3. The highest BCUT2D eigenvalue weighted by Crippen LogP contribution is 2.33. The number of nitrogens with one attached hydrogen (secondary N) is 1. The predicted molar refractivity (Wildman–Crippen MR) is 133 cm³/mol. The normalized spacial score (nSPS) is 14.9. The van der Waals surface area contributed by atoms with Gasteiger partial charge in [-0.2, -0.15) is 0 Å². The summed E-state index contributed by atoms with van der Waals surface area (Å²) in [6.45, 7) is 6.70. The van der Waals surface area contributed by atoms with Gasteiger partial charge in [0.1, 0.15) is 17.2 Å². The van der Waals surface area contributed by atoms with Crippen LogP contribution in [0.3, 0.4) is 0 Å². The quantitative estimate of drug-likeness (QED) is 0.455. The minimum absolute atomic E-state index is 0.118. The van der Waals surface area contributed by atoms with Crippen LogP contribution in [-0.4, -0.2) is 39.8 Å². The Kier molecular flexibility index (Phi) is 5.80. The van der Waals surface area contributed by atoms with Gasteiger partial charge < -0.3 is 31.2 Å². The molecule has 0 bridgehead atoms. The van der Waals surface area contributed by atoms with Crippen LogP contribution < -0.4 is 11.5 Å². The number of H-pyrrole nitrogens is 1. The second-order valence-electron chi connectivity index (χ2n) is 9.24. The van der Waals surface area contributed by atoms with Gasteiger partial charge in [0.2, 0.25) is 0 Å². The minimum Gasteiger partial charge on any atom is -0.507 e. The number of nitrogens with zero attached hydrogens (tertiary/aromatic N) is 1. The fourth-order valence-corrected chi connectivity index (χ4v) is 3.96. The number of rotatable bonds is 3. The van der Waals surface area contributed by atoms with Crippen molar-refractivity contribution in [3.05, 3.63) is 65.2 Å². The summed E-state index contributed by atoms with van der Waals surface area (Å²) in [7, 11) is 0. The first-order valence-corrected chi connectivity index (χ1v) is 11.0. The number of fused-ring (bicyclic) bond motifs is 1. The van der Waals surface area contributed by atoms with E-state index in [-0.39, 0.29) is 11.8 Å². The van der Waals surface area contributed by atoms with Crippen molar-refractivity contribution in [2.45, 2.75) is 32.8 Å². The van der Waals surface area contributed by atoms with Crippen LogP contribution in [0.2, 0.25) is 0 Å². The molecule has 172 valence electrons. The van der Waals surface area contributed by atoms with E-state index in [0.717, 1.165) is 28.5 Å². The third kappa shape index (κ3) is 4.82. The molecule has 0 radical (unpaired) electrons. The van der Waals surface area contributed by atoms with Crippen LogP contribution in [0, 0.1) is 0 Å². The third-order valence-corrected chi connectivity index (χ3v) is 5.62. The SMILES string of the molecule is CC(C)(C)OC(=O)N1CC=C(c2ccc3[nH]c(N)c(/C=C(\N)c4ccccc4O)c3c2)CC1. The van der Waals surface area contributed by atoms with Gasteiger partial charge in [-0.1, -0.05) is 24.3 Å². The number of phenolic OH excluding ortho intramolecular Hbond substituents is 1. The Morgan fingerprint density at radius 2 is 1.97 bits per heavy atom. The number of amides is 1. The summed E-state index contributed by atoms with van der Waals surface area (Å²) in [5.74, 6) is 0.626. The molecule has 2 heterocycles. The molecule has 1 amide bonds. The highest BCUT2D eigenvalue weighted by molar-refractivity contribution is 6.00. The first-order chi connectivity index (χ1) is 15.6. The van der Waals surface area contributed by atoms with Crippen molar-refractivity contribution in [3.8, 4) is 5.75 Å². The van der Waals surface area contributed by atoms with Gasteiger partial charge in [-0.05, 0) is 68.7 Å². The second-order valence-corrected chi connectivity index (χ2v) is 9.24. The van der Waals surface area contributed by atoms with E-state index in [1.54, 1.807) is 29.2 Å². The molecule has 4 rings (SSSR count). The summed E-state index contributed by atoms with van der Waals surface area (Å²) in [4.78, 5) is 17.3. The lowest BCUT2D eigenvalue weighted by Gasteiger charge is -2.29. The molecule has 7 heteroatoms. The lowest BCUT2D eigenvalue weighted by atomic mass is 9.97. The molecular weight excluding hydrogens is 416 g/mol. The summed E-state index contributed by atoms with van der Waals surface area (Å²) in [6.07, 6.45) is 4.29. The van der Waals surface area contributed by atoms with Crippen molar-refractivity contribution in [1.29, 1.82) is 0 Å². The second kappa shape index (κ2) is 8.58. The van der Waals surface area contributed by atoms with Crippen LogP contribution in [0.25, 0.3) is 28.2 Å². The molecule has 1 aromatic heterocycles. The molecule has 1 aliphatic heterocycles. The van der Waals surface area contributed by atoms with Gasteiger partial charge >= 0.3 is 6.09 Å². The van der Waals surface area contributed by atoms with Gasteiger partial charge in [-0.15, -0.1) is 0 Å². The Bertz CT molecular complexity index is 1260. The average Bonchev–Trinajstić information content (AvgIpc) is 3.07. The van der Waals surface area contributed by atoms with Gasteiger partial charge in [0.15, 0.2) is 0 Å². The molecule has 0 saturated heterocycles. The van der Waals surface area contributed by atoms with Gasteiger partial charge in [-0.25, -0.2) is 4.79 Å². The highest BCUT2D eigenvalue weighted by Gasteiger charge is 2.24. The van der Waals surface area contributed by atoms with Gasteiger partial charge in [-0.3, -0.25) is 0 Å². The summed E-state index contributed by atoms with van der Waals surface area (Å²) in [5.41, 5.74) is 16.9. The number of carbonyl (C=O) groups excluding carboxylic acids is 1. The van der Waals surface area contributed by atoms with Gasteiger partial charge in [0.05, 0.1) is 0 Å². The Morgan fingerprint density at radius 1 is 1.21 bits per heavy atom. The molecule has 0 saturated carbocycles. The summed E-state index contributed by atoms with van der Waals surface area (Å²) in [5, 5.41) is 11.1. The van der Waals surface area contributed by atoms with Crippen molar-refractivity contribution < 1.29 is 14.6 Å². The van der Waals surface area contributed by atoms with Crippen LogP contribution in [0.1, 0.15) is 43.9 Å². The number of anilines is 1. The number of ether oxygens (including phenoxy) is 1. The molecule has 6 N–H and O–H groups in total. The predicted octanol–water partition coefficient (Wildman–Crippen LogP) is 4.94. The highest BCUT2D eigenvalue weighted by atomic mass is 16.6. The first-order valence-electron chi connectivity index (χ1n) is 11.0. The largest absolute Gasteiger partial charge is 0.507 e. The number of nitrogen functional groups attached to an aromatic ring is 1. The standard InChI is InChI=1S/C26H30N4O3/c1-26(2,3)33-25(32)30-12-10-16(11-13-30)17-8-9-22-19(14-17)20(24(28)29-22)15-21(27)18-6-4-5-7-23(18)31/h4-10,14-15,29,31H,11-13,27-28H2,1-3H3/b21-15-. The summed E-state index contributed by atoms with van der Waals surface area (Å²) >= 11 is 0. The van der Waals surface area contributed by atoms with Crippen LogP contribution in [0.15, 0.2) is 48.5 Å². The van der Waals surface area contributed by atoms with E-state index in [4.69, 9.17) is 16.2 Å². The number of carbonyl (C=O) groups is 1. The third-order valence-electron chi connectivity index (χ3n) is 5.62. The van der Waals surface area contributed by atoms with Crippen LogP contribution in [-0.2, 0) is 4.74 Å². The Balaban J connectivity index is 1.62. The average molecular weight is 447 g/mol. The molecule has 1 aliphatic rings. The molecule has 3 aromatic rings. The van der Waals surface area contributed by atoms with E-state index in [0.29, 0.717) is 30.2 Å². The summed E-state index contributed by atoms with van der Waals surface area (Å²) < 4.78 is 5.48. The van der Waals surface area contributed by atoms with Crippen LogP contribution >= 0.6 is 0 Å². The van der Waals surface area contributed by atoms with E-state index in [9.17, 15) is 9.90 Å².